The number of thiophene rings is 1. The Morgan fingerprint density at radius 2 is 2.00 bits per heavy atom. The SMILES string of the molecule is SCCCC(Cc1scc2ccccc12)C1CCCC1. The Morgan fingerprint density at radius 1 is 1.20 bits per heavy atom. The molecular formula is C18H24S2. The van der Waals surface area contributed by atoms with E-state index < -0.39 is 0 Å². The molecule has 1 aliphatic rings. The van der Waals surface area contributed by atoms with Crippen molar-refractivity contribution in [2.75, 3.05) is 5.75 Å². The van der Waals surface area contributed by atoms with Gasteiger partial charge in [0.15, 0.2) is 0 Å². The molecule has 0 saturated heterocycles. The molecule has 3 rings (SSSR count). The fourth-order valence-electron chi connectivity index (χ4n) is 3.73. The molecule has 1 heterocycles. The first-order valence-corrected chi connectivity index (χ1v) is 9.45. The molecule has 1 aromatic heterocycles. The number of hydrogen-bond acceptors (Lipinski definition) is 2. The van der Waals surface area contributed by atoms with E-state index in [0.717, 1.165) is 17.6 Å². The molecule has 1 aromatic carbocycles. The number of hydrogen-bond donors (Lipinski definition) is 1. The van der Waals surface area contributed by atoms with Gasteiger partial charge in [-0.1, -0.05) is 49.9 Å². The van der Waals surface area contributed by atoms with Crippen molar-refractivity contribution in [1.82, 2.24) is 0 Å². The van der Waals surface area contributed by atoms with Gasteiger partial charge in [-0.05, 0) is 53.0 Å². The van der Waals surface area contributed by atoms with Crippen LogP contribution in [0.1, 0.15) is 43.4 Å². The largest absolute Gasteiger partial charge is 0.179 e. The number of benzene rings is 1. The first-order valence-electron chi connectivity index (χ1n) is 7.94. The van der Waals surface area contributed by atoms with Crippen LogP contribution in [0.25, 0.3) is 10.8 Å². The van der Waals surface area contributed by atoms with Gasteiger partial charge in [-0.15, -0.1) is 11.3 Å². The number of rotatable bonds is 6. The maximum atomic E-state index is 4.41. The maximum absolute atomic E-state index is 4.41. The highest BCUT2D eigenvalue weighted by Gasteiger charge is 2.25. The molecule has 0 spiro atoms. The summed E-state index contributed by atoms with van der Waals surface area (Å²) in [5, 5.41) is 5.24. The third-order valence-corrected chi connectivity index (χ3v) is 6.20. The van der Waals surface area contributed by atoms with Crippen LogP contribution >= 0.6 is 24.0 Å². The number of thiol groups is 1. The molecular weight excluding hydrogens is 280 g/mol. The van der Waals surface area contributed by atoms with Crippen LogP contribution in [0, 0.1) is 11.8 Å². The molecule has 1 atom stereocenters. The van der Waals surface area contributed by atoms with Crippen molar-refractivity contribution in [3.05, 3.63) is 34.5 Å². The van der Waals surface area contributed by atoms with Gasteiger partial charge < -0.3 is 0 Å². The Kier molecular flexibility index (Phi) is 5.06. The first kappa shape index (κ1) is 14.5. The van der Waals surface area contributed by atoms with Crippen LogP contribution in [0.3, 0.4) is 0 Å². The maximum Gasteiger partial charge on any atom is 0.0127 e. The van der Waals surface area contributed by atoms with Crippen LogP contribution in [0.4, 0.5) is 0 Å². The summed E-state index contributed by atoms with van der Waals surface area (Å²) in [6, 6.07) is 8.87. The smallest absolute Gasteiger partial charge is 0.0127 e. The quantitative estimate of drug-likeness (QED) is 0.625. The topological polar surface area (TPSA) is 0 Å². The summed E-state index contributed by atoms with van der Waals surface area (Å²) >= 11 is 6.38. The Balaban J connectivity index is 1.77. The van der Waals surface area contributed by atoms with Crippen LogP contribution in [-0.4, -0.2) is 5.75 Å². The van der Waals surface area contributed by atoms with Gasteiger partial charge in [0.1, 0.15) is 0 Å². The summed E-state index contributed by atoms with van der Waals surface area (Å²) in [5.41, 5.74) is 0. The van der Waals surface area contributed by atoms with Gasteiger partial charge >= 0.3 is 0 Å². The molecule has 0 amide bonds. The lowest BCUT2D eigenvalue weighted by Crippen LogP contribution is -2.14. The van der Waals surface area contributed by atoms with E-state index in [1.54, 1.807) is 4.88 Å². The first-order chi connectivity index (χ1) is 9.88. The van der Waals surface area contributed by atoms with Crippen LogP contribution in [0.15, 0.2) is 29.6 Å². The van der Waals surface area contributed by atoms with Gasteiger partial charge in [0.05, 0.1) is 0 Å². The van der Waals surface area contributed by atoms with Gasteiger partial charge in [0.2, 0.25) is 0 Å². The lowest BCUT2D eigenvalue weighted by atomic mass is 9.84. The zero-order chi connectivity index (χ0) is 13.8. The monoisotopic (exact) mass is 304 g/mol. The summed E-state index contributed by atoms with van der Waals surface area (Å²) < 4.78 is 0. The normalized spacial score (nSPS) is 17.9. The van der Waals surface area contributed by atoms with Crippen molar-refractivity contribution >= 4 is 34.7 Å². The van der Waals surface area contributed by atoms with Crippen molar-refractivity contribution in [2.45, 2.75) is 44.9 Å². The standard InChI is InChI=1S/C18H24S2/c19-11-5-9-15(14-6-1-2-7-14)12-18-17-10-4-3-8-16(17)13-20-18/h3-4,8,10,13-15,19H,1-2,5-7,9,11-12H2. The minimum atomic E-state index is 0.881. The average Bonchev–Trinajstić information content (AvgIpc) is 3.13. The van der Waals surface area contributed by atoms with Crippen LogP contribution in [-0.2, 0) is 6.42 Å². The van der Waals surface area contributed by atoms with Crippen LogP contribution in [0.5, 0.6) is 0 Å². The highest BCUT2D eigenvalue weighted by Crippen LogP contribution is 2.38. The van der Waals surface area contributed by atoms with Crippen molar-refractivity contribution in [2.24, 2.45) is 11.8 Å². The van der Waals surface area contributed by atoms with Crippen LogP contribution in [0.2, 0.25) is 0 Å². The van der Waals surface area contributed by atoms with E-state index in [9.17, 15) is 0 Å². The molecule has 2 heteroatoms. The molecule has 20 heavy (non-hydrogen) atoms. The molecule has 2 aromatic rings. The van der Waals surface area contributed by atoms with Gasteiger partial charge in [-0.2, -0.15) is 12.6 Å². The molecule has 1 fully saturated rings. The molecule has 0 bridgehead atoms. The van der Waals surface area contributed by atoms with Crippen molar-refractivity contribution in [1.29, 1.82) is 0 Å². The fourth-order valence-corrected chi connectivity index (χ4v) is 5.02. The Hall–Kier alpha value is -0.470. The third kappa shape index (κ3) is 3.23. The van der Waals surface area contributed by atoms with Crippen LogP contribution < -0.4 is 0 Å². The average molecular weight is 305 g/mol. The zero-order valence-corrected chi connectivity index (χ0v) is 13.8. The molecule has 108 valence electrons. The molecule has 0 aliphatic heterocycles. The lowest BCUT2D eigenvalue weighted by Gasteiger charge is -2.23. The second-order valence-corrected chi connectivity index (χ2v) is 7.53. The minimum Gasteiger partial charge on any atom is -0.179 e. The summed E-state index contributed by atoms with van der Waals surface area (Å²) in [5.74, 6) is 2.89. The highest BCUT2D eigenvalue weighted by atomic mass is 32.1. The van der Waals surface area contributed by atoms with Crippen molar-refractivity contribution < 1.29 is 0 Å². The van der Waals surface area contributed by atoms with Crippen molar-refractivity contribution in [3.63, 3.8) is 0 Å². The highest BCUT2D eigenvalue weighted by molar-refractivity contribution is 7.80. The number of fused-ring (bicyclic) bond motifs is 1. The van der Waals surface area contributed by atoms with E-state index in [1.807, 2.05) is 11.3 Å². The van der Waals surface area contributed by atoms with Gasteiger partial charge in [-0.25, -0.2) is 0 Å². The van der Waals surface area contributed by atoms with Gasteiger partial charge in [0.25, 0.3) is 0 Å². The van der Waals surface area contributed by atoms with E-state index >= 15 is 0 Å². The second-order valence-electron chi connectivity index (χ2n) is 6.12. The Morgan fingerprint density at radius 3 is 2.80 bits per heavy atom. The summed E-state index contributed by atoms with van der Waals surface area (Å²) in [7, 11) is 0. The molecule has 1 unspecified atom stereocenters. The fraction of sp³-hybridized carbons (Fsp3) is 0.556. The molecule has 0 N–H and O–H groups in total. The second kappa shape index (κ2) is 7.00. The predicted molar refractivity (Wildman–Crippen MR) is 94.1 cm³/mol. The van der Waals surface area contributed by atoms with E-state index in [-0.39, 0.29) is 0 Å². The van der Waals surface area contributed by atoms with E-state index in [2.05, 4.69) is 42.3 Å². The molecule has 0 nitrogen and oxygen atoms in total. The summed E-state index contributed by atoms with van der Waals surface area (Å²) in [6.45, 7) is 0. The lowest BCUT2D eigenvalue weighted by molar-refractivity contribution is 0.317. The Labute approximate surface area is 132 Å². The van der Waals surface area contributed by atoms with E-state index in [4.69, 9.17) is 0 Å². The minimum absolute atomic E-state index is 0.881. The van der Waals surface area contributed by atoms with Gasteiger partial charge in [-0.3, -0.25) is 0 Å². The molecule has 0 radical (unpaired) electrons. The molecule has 1 saturated carbocycles. The van der Waals surface area contributed by atoms with Crippen molar-refractivity contribution in [3.8, 4) is 0 Å². The zero-order valence-electron chi connectivity index (χ0n) is 12.1. The summed E-state index contributed by atoms with van der Waals surface area (Å²) in [6.07, 6.45) is 9.74. The predicted octanol–water partition coefficient (Wildman–Crippen LogP) is 5.96. The summed E-state index contributed by atoms with van der Waals surface area (Å²) in [4.78, 5) is 1.61. The third-order valence-electron chi connectivity index (χ3n) is 4.84. The van der Waals surface area contributed by atoms with E-state index in [0.29, 0.717) is 0 Å². The molecule has 1 aliphatic carbocycles. The van der Waals surface area contributed by atoms with Gasteiger partial charge in [0, 0.05) is 4.88 Å². The van der Waals surface area contributed by atoms with E-state index in [1.165, 1.54) is 55.7 Å². The Bertz CT molecular complexity index is 537.